The van der Waals surface area contributed by atoms with Gasteiger partial charge in [0.05, 0.1) is 16.9 Å². The Hall–Kier alpha value is -1.20. The van der Waals surface area contributed by atoms with E-state index >= 15 is 0 Å². The lowest BCUT2D eigenvalue weighted by molar-refractivity contribution is 0.00578. The number of aromatic nitrogens is 1. The Kier molecular flexibility index (Phi) is 3.54. The molecule has 102 valence electrons. The fraction of sp³-hybridized carbons (Fsp3) is 0.500. The zero-order valence-corrected chi connectivity index (χ0v) is 11.9. The summed E-state index contributed by atoms with van der Waals surface area (Å²) in [6.07, 6.45) is 3.58. The van der Waals surface area contributed by atoms with E-state index in [1.165, 1.54) is 0 Å². The van der Waals surface area contributed by atoms with Gasteiger partial charge in [0, 0.05) is 18.1 Å². The normalized spacial score (nSPS) is 20.6. The van der Waals surface area contributed by atoms with Crippen molar-refractivity contribution in [1.29, 1.82) is 0 Å². The van der Waals surface area contributed by atoms with E-state index in [0.29, 0.717) is 17.6 Å². The van der Waals surface area contributed by atoms with E-state index in [-0.39, 0.29) is 5.82 Å². The molecule has 0 aromatic carbocycles. The highest BCUT2D eigenvalue weighted by Gasteiger charge is 2.52. The lowest BCUT2D eigenvalue weighted by Crippen LogP contribution is -2.41. The third kappa shape index (κ3) is 2.45. The van der Waals surface area contributed by atoms with Crippen LogP contribution in [-0.4, -0.2) is 23.3 Å². The molecule has 0 aliphatic carbocycles. The smallest absolute Gasteiger partial charge is 0.399 e. The number of rotatable bonds is 3. The molecule has 2 rings (SSSR count). The van der Waals surface area contributed by atoms with Crippen LogP contribution >= 0.6 is 0 Å². The van der Waals surface area contributed by atoms with E-state index in [2.05, 4.69) is 11.6 Å². The molecule has 1 aromatic heterocycles. The van der Waals surface area contributed by atoms with Gasteiger partial charge in [0.25, 0.3) is 0 Å². The zero-order valence-electron chi connectivity index (χ0n) is 11.9. The summed E-state index contributed by atoms with van der Waals surface area (Å²) in [5, 5.41) is 0. The van der Waals surface area contributed by atoms with Crippen LogP contribution in [0.15, 0.2) is 24.9 Å². The molecular formula is C14H19BFNO2. The number of halogens is 1. The first-order chi connectivity index (χ1) is 8.78. The number of nitrogens with zero attached hydrogens (tertiary/aromatic N) is 1. The molecule has 1 fully saturated rings. The van der Waals surface area contributed by atoms with Crippen LogP contribution in [0.25, 0.3) is 0 Å². The van der Waals surface area contributed by atoms with Crippen molar-refractivity contribution in [2.75, 3.05) is 0 Å². The summed E-state index contributed by atoms with van der Waals surface area (Å²) in [6.45, 7) is 11.4. The van der Waals surface area contributed by atoms with Crippen LogP contribution in [0.5, 0.6) is 0 Å². The van der Waals surface area contributed by atoms with Gasteiger partial charge in [-0.05, 0) is 33.8 Å². The SMILES string of the molecule is C=CCc1nccc(B2OC(C)(C)C(C)(C)O2)c1F. The molecule has 0 spiro atoms. The third-order valence-corrected chi connectivity index (χ3v) is 3.84. The van der Waals surface area contributed by atoms with Crippen molar-refractivity contribution in [3.05, 3.63) is 36.4 Å². The summed E-state index contributed by atoms with van der Waals surface area (Å²) in [4.78, 5) is 4.02. The van der Waals surface area contributed by atoms with Gasteiger partial charge < -0.3 is 9.31 Å². The number of allylic oxidation sites excluding steroid dienone is 1. The largest absolute Gasteiger partial charge is 0.497 e. The van der Waals surface area contributed by atoms with Crippen LogP contribution < -0.4 is 5.46 Å². The zero-order chi connectivity index (χ0) is 14.3. The molecule has 1 aromatic rings. The standard InChI is InChI=1S/C14H19BFNO2/c1-6-7-11-12(16)10(8-9-17-11)15-18-13(2,3)14(4,5)19-15/h6,8-9H,1,7H2,2-5H3. The lowest BCUT2D eigenvalue weighted by Gasteiger charge is -2.32. The summed E-state index contributed by atoms with van der Waals surface area (Å²) in [5.74, 6) is -0.374. The van der Waals surface area contributed by atoms with E-state index < -0.39 is 18.3 Å². The minimum Gasteiger partial charge on any atom is -0.399 e. The molecule has 0 unspecified atom stereocenters. The Labute approximate surface area is 114 Å². The van der Waals surface area contributed by atoms with Crippen LogP contribution in [0.3, 0.4) is 0 Å². The molecule has 5 heteroatoms. The van der Waals surface area contributed by atoms with Crippen molar-refractivity contribution < 1.29 is 13.7 Å². The maximum atomic E-state index is 14.3. The molecule has 1 aliphatic rings. The highest BCUT2D eigenvalue weighted by molar-refractivity contribution is 6.62. The summed E-state index contributed by atoms with van der Waals surface area (Å²) in [7, 11) is -0.698. The second kappa shape index (κ2) is 4.73. The Bertz CT molecular complexity index is 486. The van der Waals surface area contributed by atoms with Crippen molar-refractivity contribution in [2.45, 2.75) is 45.3 Å². The van der Waals surface area contributed by atoms with Crippen LogP contribution in [0.1, 0.15) is 33.4 Å². The average molecular weight is 263 g/mol. The van der Waals surface area contributed by atoms with Gasteiger partial charge >= 0.3 is 7.12 Å². The quantitative estimate of drug-likeness (QED) is 0.619. The molecule has 0 amide bonds. The van der Waals surface area contributed by atoms with Crippen molar-refractivity contribution in [3.8, 4) is 0 Å². The molecular weight excluding hydrogens is 244 g/mol. The van der Waals surface area contributed by atoms with Gasteiger partial charge in [0.2, 0.25) is 0 Å². The lowest BCUT2D eigenvalue weighted by atomic mass is 9.78. The van der Waals surface area contributed by atoms with Crippen LogP contribution in [0.2, 0.25) is 0 Å². The number of hydrogen-bond donors (Lipinski definition) is 0. The van der Waals surface area contributed by atoms with E-state index in [9.17, 15) is 4.39 Å². The molecule has 1 aliphatic heterocycles. The predicted molar refractivity (Wildman–Crippen MR) is 73.8 cm³/mol. The first kappa shape index (κ1) is 14.2. The Morgan fingerprint density at radius 1 is 1.32 bits per heavy atom. The molecule has 0 N–H and O–H groups in total. The van der Waals surface area contributed by atoms with Gasteiger partial charge in [-0.25, -0.2) is 4.39 Å². The number of pyridine rings is 1. The fourth-order valence-electron chi connectivity index (χ4n) is 1.94. The van der Waals surface area contributed by atoms with Gasteiger partial charge in [0.1, 0.15) is 5.82 Å². The van der Waals surface area contributed by atoms with E-state index in [1.807, 2.05) is 27.7 Å². The second-order valence-corrected chi connectivity index (χ2v) is 5.74. The molecule has 3 nitrogen and oxygen atoms in total. The summed E-state index contributed by atoms with van der Waals surface area (Å²) in [6, 6.07) is 1.60. The van der Waals surface area contributed by atoms with Gasteiger partial charge in [-0.3, -0.25) is 4.98 Å². The molecule has 0 bridgehead atoms. The van der Waals surface area contributed by atoms with Gasteiger partial charge in [-0.15, -0.1) is 6.58 Å². The van der Waals surface area contributed by atoms with Gasteiger partial charge in [-0.2, -0.15) is 0 Å². The van der Waals surface area contributed by atoms with Gasteiger partial charge in [-0.1, -0.05) is 6.08 Å². The Balaban J connectivity index is 2.34. The maximum Gasteiger partial charge on any atom is 0.497 e. The van der Waals surface area contributed by atoms with E-state index in [4.69, 9.17) is 9.31 Å². The first-order valence-electron chi connectivity index (χ1n) is 6.38. The predicted octanol–water partition coefficient (Wildman–Crippen LogP) is 2.25. The van der Waals surface area contributed by atoms with Crippen LogP contribution in [-0.2, 0) is 15.7 Å². The Morgan fingerprint density at radius 2 is 1.89 bits per heavy atom. The van der Waals surface area contributed by atoms with E-state index in [1.54, 1.807) is 18.3 Å². The highest BCUT2D eigenvalue weighted by Crippen LogP contribution is 2.36. The van der Waals surface area contributed by atoms with Crippen LogP contribution in [0, 0.1) is 5.82 Å². The monoisotopic (exact) mass is 263 g/mol. The highest BCUT2D eigenvalue weighted by atomic mass is 19.1. The minimum absolute atomic E-state index is 0.363. The summed E-state index contributed by atoms with van der Waals surface area (Å²) < 4.78 is 26.0. The molecule has 2 heterocycles. The topological polar surface area (TPSA) is 31.4 Å². The van der Waals surface area contributed by atoms with Gasteiger partial charge in [0.15, 0.2) is 0 Å². The molecule has 19 heavy (non-hydrogen) atoms. The third-order valence-electron chi connectivity index (χ3n) is 3.84. The summed E-state index contributed by atoms with van der Waals surface area (Å²) >= 11 is 0. The minimum atomic E-state index is -0.698. The molecule has 0 radical (unpaired) electrons. The first-order valence-corrected chi connectivity index (χ1v) is 6.38. The van der Waals surface area contributed by atoms with Crippen LogP contribution in [0.4, 0.5) is 4.39 Å². The average Bonchev–Trinajstić information content (AvgIpc) is 2.51. The fourth-order valence-corrected chi connectivity index (χ4v) is 1.94. The molecule has 0 saturated carbocycles. The molecule has 0 atom stereocenters. The number of hydrogen-bond acceptors (Lipinski definition) is 3. The second-order valence-electron chi connectivity index (χ2n) is 5.74. The van der Waals surface area contributed by atoms with Crippen molar-refractivity contribution in [3.63, 3.8) is 0 Å². The summed E-state index contributed by atoms with van der Waals surface area (Å²) in [5.41, 5.74) is -0.203. The van der Waals surface area contributed by atoms with Crippen molar-refractivity contribution in [1.82, 2.24) is 4.98 Å². The Morgan fingerprint density at radius 3 is 2.42 bits per heavy atom. The van der Waals surface area contributed by atoms with E-state index in [0.717, 1.165) is 0 Å². The van der Waals surface area contributed by atoms with Crippen molar-refractivity contribution in [2.24, 2.45) is 0 Å². The molecule has 1 saturated heterocycles. The van der Waals surface area contributed by atoms with Crippen molar-refractivity contribution >= 4 is 12.6 Å². The maximum absolute atomic E-state index is 14.3.